The van der Waals surface area contributed by atoms with E-state index in [0.29, 0.717) is 32.1 Å². The molecule has 6 heteroatoms. The molecular formula is C13H15NO4S. The van der Waals surface area contributed by atoms with Crippen molar-refractivity contribution in [3.05, 3.63) is 16.5 Å². The molecule has 0 radical (unpaired) electrons. The van der Waals surface area contributed by atoms with Gasteiger partial charge in [-0.3, -0.25) is 9.59 Å². The quantitative estimate of drug-likeness (QED) is 0.863. The van der Waals surface area contributed by atoms with Crippen molar-refractivity contribution in [1.29, 1.82) is 0 Å². The molecule has 0 unspecified atom stereocenters. The fourth-order valence-electron chi connectivity index (χ4n) is 2.07. The zero-order valence-corrected chi connectivity index (χ0v) is 11.5. The summed E-state index contributed by atoms with van der Waals surface area (Å²) in [6, 6.07) is 1.55. The monoisotopic (exact) mass is 281 g/mol. The molecule has 0 spiro atoms. The summed E-state index contributed by atoms with van der Waals surface area (Å²) in [5.41, 5.74) is 0.0467. The van der Waals surface area contributed by atoms with Crippen LogP contribution in [0.1, 0.15) is 47.8 Å². The number of imide groups is 1. The largest absolute Gasteiger partial charge is 0.478 e. The van der Waals surface area contributed by atoms with Crippen LogP contribution in [0, 0.1) is 0 Å². The molecule has 2 rings (SSSR count). The van der Waals surface area contributed by atoms with Crippen molar-refractivity contribution in [2.45, 2.75) is 39.0 Å². The van der Waals surface area contributed by atoms with Gasteiger partial charge in [0.25, 0.3) is 0 Å². The van der Waals surface area contributed by atoms with Crippen molar-refractivity contribution in [3.8, 4) is 0 Å². The van der Waals surface area contributed by atoms with Gasteiger partial charge in [-0.25, -0.2) is 9.69 Å². The lowest BCUT2D eigenvalue weighted by Crippen LogP contribution is -2.35. The maximum Gasteiger partial charge on any atom is 0.338 e. The Balaban J connectivity index is 2.48. The first kappa shape index (κ1) is 13.7. The van der Waals surface area contributed by atoms with Gasteiger partial charge in [0, 0.05) is 17.7 Å². The number of carboxylic acid groups (broad SMARTS) is 1. The molecule has 0 saturated carbocycles. The average molecular weight is 281 g/mol. The van der Waals surface area contributed by atoms with Crippen LogP contribution in [0.15, 0.2) is 6.07 Å². The second-order valence-corrected chi connectivity index (χ2v) is 5.54. The molecule has 1 saturated heterocycles. The molecule has 0 bridgehead atoms. The molecule has 1 aliphatic heterocycles. The van der Waals surface area contributed by atoms with E-state index in [0.717, 1.165) is 9.78 Å². The number of amides is 2. The third kappa shape index (κ3) is 2.68. The Morgan fingerprint density at radius 3 is 2.37 bits per heavy atom. The first-order valence-corrected chi connectivity index (χ1v) is 7.08. The van der Waals surface area contributed by atoms with Crippen LogP contribution in [0.4, 0.5) is 5.00 Å². The second-order valence-electron chi connectivity index (χ2n) is 4.42. The molecule has 1 fully saturated rings. The van der Waals surface area contributed by atoms with Gasteiger partial charge < -0.3 is 5.11 Å². The highest BCUT2D eigenvalue weighted by Crippen LogP contribution is 2.34. The number of carboxylic acids is 1. The standard InChI is InChI=1S/C13H15NO4S/c1-2-8-7-9(13(17)18)12(19-8)14-10(15)5-3-4-6-11(14)16/h7H,2-6H2,1H3,(H,17,18). The summed E-state index contributed by atoms with van der Waals surface area (Å²) in [6.07, 6.45) is 2.63. The van der Waals surface area contributed by atoms with Gasteiger partial charge in [0.2, 0.25) is 11.8 Å². The van der Waals surface area contributed by atoms with Crippen molar-refractivity contribution in [2.24, 2.45) is 0 Å². The molecule has 2 heterocycles. The predicted molar refractivity (Wildman–Crippen MR) is 71.6 cm³/mol. The fraction of sp³-hybridized carbons (Fsp3) is 0.462. The molecule has 102 valence electrons. The topological polar surface area (TPSA) is 74.7 Å². The van der Waals surface area contributed by atoms with E-state index in [4.69, 9.17) is 0 Å². The zero-order chi connectivity index (χ0) is 14.0. The van der Waals surface area contributed by atoms with Crippen LogP contribution >= 0.6 is 11.3 Å². The first-order chi connectivity index (χ1) is 9.04. The van der Waals surface area contributed by atoms with Crippen LogP contribution in [0.25, 0.3) is 0 Å². The lowest BCUT2D eigenvalue weighted by molar-refractivity contribution is -0.125. The predicted octanol–water partition coefficient (Wildman–Crippen LogP) is 2.44. The number of thiophene rings is 1. The van der Waals surface area contributed by atoms with E-state index in [1.54, 1.807) is 6.07 Å². The first-order valence-electron chi connectivity index (χ1n) is 6.26. The molecule has 2 amide bonds. The van der Waals surface area contributed by atoms with Crippen molar-refractivity contribution in [2.75, 3.05) is 4.90 Å². The Morgan fingerprint density at radius 2 is 1.89 bits per heavy atom. The summed E-state index contributed by atoms with van der Waals surface area (Å²) in [5, 5.41) is 9.47. The molecule has 1 aromatic rings. The van der Waals surface area contributed by atoms with Crippen LogP contribution < -0.4 is 4.90 Å². The van der Waals surface area contributed by atoms with Gasteiger partial charge in [-0.2, -0.15) is 0 Å². The van der Waals surface area contributed by atoms with E-state index in [9.17, 15) is 19.5 Å². The van der Waals surface area contributed by atoms with E-state index < -0.39 is 5.97 Å². The Labute approximate surface area is 114 Å². The van der Waals surface area contributed by atoms with Gasteiger partial charge in [0.1, 0.15) is 5.00 Å². The number of aryl methyl sites for hydroxylation is 1. The highest BCUT2D eigenvalue weighted by molar-refractivity contribution is 7.17. The SMILES string of the molecule is CCc1cc(C(=O)O)c(N2C(=O)CCCCC2=O)s1. The van der Waals surface area contributed by atoms with Gasteiger partial charge in [-0.15, -0.1) is 11.3 Å². The molecule has 1 aromatic heterocycles. The Morgan fingerprint density at radius 1 is 1.32 bits per heavy atom. The Hall–Kier alpha value is -1.69. The van der Waals surface area contributed by atoms with E-state index >= 15 is 0 Å². The Kier molecular flexibility index (Phi) is 3.99. The number of aromatic carboxylic acids is 1. The minimum Gasteiger partial charge on any atom is -0.478 e. The van der Waals surface area contributed by atoms with E-state index in [2.05, 4.69) is 0 Å². The maximum absolute atomic E-state index is 12.0. The van der Waals surface area contributed by atoms with Gasteiger partial charge in [-0.1, -0.05) is 6.92 Å². The van der Waals surface area contributed by atoms with E-state index in [1.165, 1.54) is 11.3 Å². The molecular weight excluding hydrogens is 266 g/mol. The number of carbonyl (C=O) groups excluding carboxylic acids is 2. The van der Waals surface area contributed by atoms with Gasteiger partial charge in [-0.05, 0) is 25.3 Å². The summed E-state index contributed by atoms with van der Waals surface area (Å²) >= 11 is 1.21. The molecule has 1 aliphatic rings. The second kappa shape index (κ2) is 5.52. The van der Waals surface area contributed by atoms with Crippen molar-refractivity contribution in [1.82, 2.24) is 0 Å². The highest BCUT2D eigenvalue weighted by atomic mass is 32.1. The number of carbonyl (C=O) groups is 3. The zero-order valence-electron chi connectivity index (χ0n) is 10.6. The van der Waals surface area contributed by atoms with Crippen LogP contribution in [0.5, 0.6) is 0 Å². The molecule has 1 N–H and O–H groups in total. The minimum atomic E-state index is -1.10. The molecule has 5 nitrogen and oxygen atoms in total. The smallest absolute Gasteiger partial charge is 0.338 e. The van der Waals surface area contributed by atoms with Crippen molar-refractivity contribution >= 4 is 34.1 Å². The number of nitrogens with zero attached hydrogens (tertiary/aromatic N) is 1. The molecule has 0 atom stereocenters. The molecule has 0 aromatic carbocycles. The molecule has 19 heavy (non-hydrogen) atoms. The maximum atomic E-state index is 12.0. The minimum absolute atomic E-state index is 0.0467. The Bertz CT molecular complexity index is 517. The average Bonchev–Trinajstić information content (AvgIpc) is 2.71. The van der Waals surface area contributed by atoms with Gasteiger partial charge in [0.05, 0.1) is 5.56 Å². The van der Waals surface area contributed by atoms with Crippen LogP contribution in [0.3, 0.4) is 0 Å². The third-order valence-corrected chi connectivity index (χ3v) is 4.34. The summed E-state index contributed by atoms with van der Waals surface area (Å²) < 4.78 is 0. The lowest BCUT2D eigenvalue weighted by atomic mass is 10.2. The number of hydrogen-bond donors (Lipinski definition) is 1. The van der Waals surface area contributed by atoms with Crippen LogP contribution in [0.2, 0.25) is 0 Å². The summed E-state index contributed by atoms with van der Waals surface area (Å²) in [6.45, 7) is 1.91. The lowest BCUT2D eigenvalue weighted by Gasteiger charge is -2.17. The number of anilines is 1. The summed E-state index contributed by atoms with van der Waals surface area (Å²) in [5.74, 6) is -1.69. The highest BCUT2D eigenvalue weighted by Gasteiger charge is 2.30. The normalized spacial score (nSPS) is 16.6. The number of rotatable bonds is 3. The van der Waals surface area contributed by atoms with E-state index in [-0.39, 0.29) is 22.4 Å². The van der Waals surface area contributed by atoms with Gasteiger partial charge >= 0.3 is 5.97 Å². The fourth-order valence-corrected chi connectivity index (χ4v) is 3.19. The summed E-state index contributed by atoms with van der Waals surface area (Å²) in [4.78, 5) is 37.2. The summed E-state index contributed by atoms with van der Waals surface area (Å²) in [7, 11) is 0. The molecule has 0 aliphatic carbocycles. The van der Waals surface area contributed by atoms with Crippen molar-refractivity contribution < 1.29 is 19.5 Å². The third-order valence-electron chi connectivity index (χ3n) is 3.08. The van der Waals surface area contributed by atoms with Crippen molar-refractivity contribution in [3.63, 3.8) is 0 Å². The van der Waals surface area contributed by atoms with Crippen LogP contribution in [-0.4, -0.2) is 22.9 Å². The number of hydrogen-bond acceptors (Lipinski definition) is 4. The van der Waals surface area contributed by atoms with Crippen LogP contribution in [-0.2, 0) is 16.0 Å². The van der Waals surface area contributed by atoms with Gasteiger partial charge in [0.15, 0.2) is 0 Å². The van der Waals surface area contributed by atoms with E-state index in [1.807, 2.05) is 6.92 Å².